The van der Waals surface area contributed by atoms with Crippen LogP contribution < -0.4 is 15.8 Å². The highest BCUT2D eigenvalue weighted by Crippen LogP contribution is 2.27. The lowest BCUT2D eigenvalue weighted by Crippen LogP contribution is -2.45. The highest BCUT2D eigenvalue weighted by molar-refractivity contribution is 5.80. The van der Waals surface area contributed by atoms with Gasteiger partial charge in [-0.1, -0.05) is 39.8 Å². The molecule has 1 atom stereocenters. The van der Waals surface area contributed by atoms with Crippen molar-refractivity contribution in [3.8, 4) is 5.75 Å². The van der Waals surface area contributed by atoms with E-state index in [0.717, 1.165) is 24.3 Å². The van der Waals surface area contributed by atoms with Gasteiger partial charge in [0.05, 0.1) is 0 Å². The van der Waals surface area contributed by atoms with Crippen LogP contribution in [0.2, 0.25) is 0 Å². The zero-order chi connectivity index (χ0) is 16.0. The molecule has 1 amide bonds. The van der Waals surface area contributed by atoms with Crippen LogP contribution in [0.4, 0.5) is 0 Å². The lowest BCUT2D eigenvalue weighted by molar-refractivity contribution is -0.120. The molecule has 0 bridgehead atoms. The second-order valence-electron chi connectivity index (χ2n) is 6.45. The molecular formula is C17H28N2O2. The predicted molar refractivity (Wildman–Crippen MR) is 86.7 cm³/mol. The maximum atomic E-state index is 11.4. The van der Waals surface area contributed by atoms with E-state index in [2.05, 4.69) is 38.2 Å². The summed E-state index contributed by atoms with van der Waals surface area (Å²) >= 11 is 0. The summed E-state index contributed by atoms with van der Waals surface area (Å²) in [6, 6.07) is 5.72. The van der Waals surface area contributed by atoms with Crippen molar-refractivity contribution in [2.24, 2.45) is 5.73 Å². The van der Waals surface area contributed by atoms with Gasteiger partial charge in [-0.3, -0.25) is 4.79 Å². The molecule has 0 aliphatic carbocycles. The van der Waals surface area contributed by atoms with Crippen LogP contribution in [0.15, 0.2) is 18.2 Å². The topological polar surface area (TPSA) is 64.3 Å². The monoisotopic (exact) mass is 292 g/mol. The highest BCUT2D eigenvalue weighted by atomic mass is 16.5. The minimum atomic E-state index is -0.452. The fourth-order valence-corrected chi connectivity index (χ4v) is 2.01. The molecule has 0 fully saturated rings. The molecule has 0 aromatic heterocycles. The van der Waals surface area contributed by atoms with Crippen LogP contribution >= 0.6 is 0 Å². The van der Waals surface area contributed by atoms with Crippen LogP contribution in [0.1, 0.15) is 45.2 Å². The van der Waals surface area contributed by atoms with Gasteiger partial charge < -0.3 is 15.8 Å². The molecule has 0 aliphatic rings. The third-order valence-electron chi connectivity index (χ3n) is 3.43. The number of nitrogens with two attached hydrogens (primary N) is 1. The average molecular weight is 292 g/mol. The number of benzene rings is 1. The van der Waals surface area contributed by atoms with Crippen molar-refractivity contribution in [2.75, 3.05) is 13.2 Å². The first kappa shape index (κ1) is 17.5. The fourth-order valence-electron chi connectivity index (χ4n) is 2.01. The van der Waals surface area contributed by atoms with Crippen molar-refractivity contribution >= 4 is 5.91 Å². The normalized spacial score (nSPS) is 13.0. The number of carbonyl (C=O) groups is 1. The molecule has 1 aromatic carbocycles. The molecule has 0 saturated heterocycles. The van der Waals surface area contributed by atoms with Crippen LogP contribution in [0, 0.1) is 6.92 Å². The van der Waals surface area contributed by atoms with E-state index in [-0.39, 0.29) is 17.9 Å². The van der Waals surface area contributed by atoms with E-state index in [9.17, 15) is 4.79 Å². The summed E-state index contributed by atoms with van der Waals surface area (Å²) in [6.07, 6.45) is 0.948. The van der Waals surface area contributed by atoms with Gasteiger partial charge in [0.1, 0.15) is 18.4 Å². The van der Waals surface area contributed by atoms with Gasteiger partial charge in [0.25, 0.3) is 0 Å². The highest BCUT2D eigenvalue weighted by Gasteiger charge is 2.17. The molecule has 21 heavy (non-hydrogen) atoms. The number of carbonyl (C=O) groups excluding carboxylic acids is 1. The average Bonchev–Trinajstić information content (AvgIpc) is 2.38. The molecule has 4 heteroatoms. The Bertz CT molecular complexity index is 478. The first-order chi connectivity index (χ1) is 9.75. The smallest absolute Gasteiger partial charge is 0.238 e. The van der Waals surface area contributed by atoms with Gasteiger partial charge in [-0.2, -0.15) is 0 Å². The van der Waals surface area contributed by atoms with E-state index in [0.29, 0.717) is 0 Å². The summed E-state index contributed by atoms with van der Waals surface area (Å²) in [5.74, 6) is 0.417. The molecule has 0 aliphatic heterocycles. The van der Waals surface area contributed by atoms with Crippen LogP contribution in [-0.2, 0) is 10.2 Å². The van der Waals surface area contributed by atoms with Gasteiger partial charge in [0.15, 0.2) is 0 Å². The first-order valence-electron chi connectivity index (χ1n) is 7.52. The van der Waals surface area contributed by atoms with Crippen LogP contribution in [0.25, 0.3) is 0 Å². The third kappa shape index (κ3) is 5.38. The molecule has 118 valence electrons. The van der Waals surface area contributed by atoms with Crippen LogP contribution in [-0.4, -0.2) is 25.1 Å². The summed E-state index contributed by atoms with van der Waals surface area (Å²) in [5, 5.41) is 3.09. The fraction of sp³-hybridized carbons (Fsp3) is 0.588. The molecule has 3 N–H and O–H groups in total. The minimum Gasteiger partial charge on any atom is -0.491 e. The van der Waals surface area contributed by atoms with Gasteiger partial charge in [-0.05, 0) is 42.5 Å². The lowest BCUT2D eigenvalue weighted by atomic mass is 9.86. The molecule has 0 heterocycles. The number of hydrogen-bond donors (Lipinski definition) is 2. The maximum Gasteiger partial charge on any atom is 0.238 e. The molecule has 0 saturated carbocycles. The number of amides is 1. The second kappa shape index (κ2) is 7.46. The molecule has 1 rings (SSSR count). The van der Waals surface area contributed by atoms with Crippen molar-refractivity contribution in [3.63, 3.8) is 0 Å². The Morgan fingerprint density at radius 3 is 2.52 bits per heavy atom. The van der Waals surface area contributed by atoms with Gasteiger partial charge in [0, 0.05) is 0 Å². The zero-order valence-electron chi connectivity index (χ0n) is 13.8. The Labute approximate surface area is 128 Å². The number of primary amides is 1. The van der Waals surface area contributed by atoms with E-state index < -0.39 is 6.04 Å². The molecular weight excluding hydrogens is 264 g/mol. The number of hydrogen-bond acceptors (Lipinski definition) is 3. The lowest BCUT2D eigenvalue weighted by Gasteiger charge is -2.21. The maximum absolute atomic E-state index is 11.4. The summed E-state index contributed by atoms with van der Waals surface area (Å²) in [5.41, 5.74) is 7.83. The van der Waals surface area contributed by atoms with Crippen molar-refractivity contribution < 1.29 is 9.53 Å². The first-order valence-corrected chi connectivity index (χ1v) is 7.52. The van der Waals surface area contributed by atoms with Crippen molar-refractivity contribution in [2.45, 2.75) is 52.5 Å². The van der Waals surface area contributed by atoms with Gasteiger partial charge in [-0.25, -0.2) is 0 Å². The Hall–Kier alpha value is -1.55. The Morgan fingerprint density at radius 2 is 2.05 bits per heavy atom. The van der Waals surface area contributed by atoms with E-state index in [1.54, 1.807) is 0 Å². The Kier molecular flexibility index (Phi) is 6.21. The standard InChI is InChI=1S/C17H28N2O2/c1-6-9-19-14(16(18)20)11-21-15-8-7-13(10-12(15)2)17(3,4)5/h7-8,10,14,19H,6,9,11H2,1-5H3,(H2,18,20). The summed E-state index contributed by atoms with van der Waals surface area (Å²) < 4.78 is 5.76. The van der Waals surface area contributed by atoms with Crippen LogP contribution in [0.3, 0.4) is 0 Å². The second-order valence-corrected chi connectivity index (χ2v) is 6.45. The van der Waals surface area contributed by atoms with Gasteiger partial charge in [-0.15, -0.1) is 0 Å². The predicted octanol–water partition coefficient (Wildman–Crippen LogP) is 2.52. The van der Waals surface area contributed by atoms with Gasteiger partial charge in [0.2, 0.25) is 5.91 Å². The van der Waals surface area contributed by atoms with Crippen molar-refractivity contribution in [1.82, 2.24) is 5.32 Å². The molecule has 1 aromatic rings. The third-order valence-corrected chi connectivity index (χ3v) is 3.43. The van der Waals surface area contributed by atoms with E-state index in [1.807, 2.05) is 19.9 Å². The summed E-state index contributed by atoms with van der Waals surface area (Å²) in [4.78, 5) is 11.4. The number of nitrogens with one attached hydrogen (secondary N) is 1. The quantitative estimate of drug-likeness (QED) is 0.811. The molecule has 4 nitrogen and oxygen atoms in total. The van der Waals surface area contributed by atoms with Gasteiger partial charge >= 0.3 is 0 Å². The van der Waals surface area contributed by atoms with E-state index in [1.165, 1.54) is 5.56 Å². The van der Waals surface area contributed by atoms with Crippen LogP contribution in [0.5, 0.6) is 5.75 Å². The SMILES string of the molecule is CCCNC(COc1ccc(C(C)(C)C)cc1C)C(N)=O. The largest absolute Gasteiger partial charge is 0.491 e. The number of aryl methyl sites for hydroxylation is 1. The molecule has 0 radical (unpaired) electrons. The summed E-state index contributed by atoms with van der Waals surface area (Å²) in [6.45, 7) is 11.6. The number of rotatable bonds is 7. The Balaban J connectivity index is 2.72. The molecule has 0 spiro atoms. The molecule has 1 unspecified atom stereocenters. The zero-order valence-corrected chi connectivity index (χ0v) is 13.8. The Morgan fingerprint density at radius 1 is 1.38 bits per heavy atom. The minimum absolute atomic E-state index is 0.113. The van der Waals surface area contributed by atoms with E-state index >= 15 is 0 Å². The summed E-state index contributed by atoms with van der Waals surface area (Å²) in [7, 11) is 0. The van der Waals surface area contributed by atoms with E-state index in [4.69, 9.17) is 10.5 Å². The van der Waals surface area contributed by atoms with Crippen molar-refractivity contribution in [1.29, 1.82) is 0 Å². The number of ether oxygens (including phenoxy) is 1. The van der Waals surface area contributed by atoms with Crippen molar-refractivity contribution in [3.05, 3.63) is 29.3 Å².